The number of aliphatic hydroxyl groups excluding tert-OH is 1. The summed E-state index contributed by atoms with van der Waals surface area (Å²) in [5.41, 5.74) is 0. The van der Waals surface area contributed by atoms with Crippen LogP contribution in [0.1, 0.15) is 253 Å². The van der Waals surface area contributed by atoms with Crippen LogP contribution in [0.25, 0.3) is 0 Å². The summed E-state index contributed by atoms with van der Waals surface area (Å²) in [6.45, 7) is 17.5. The molecule has 370 valence electrons. The first-order chi connectivity index (χ1) is 30.8. The fourth-order valence-corrected chi connectivity index (χ4v) is 9.43. The largest absolute Gasteiger partial charge is 0.466 e. The minimum atomic E-state index is -0.0237. The number of hydrogen-bond donors (Lipinski definition) is 1. The van der Waals surface area contributed by atoms with Gasteiger partial charge >= 0.3 is 11.9 Å². The summed E-state index contributed by atoms with van der Waals surface area (Å²) in [6.07, 6.45) is 44.0. The van der Waals surface area contributed by atoms with Crippen LogP contribution < -0.4 is 0 Å². The average molecular weight is 888 g/mol. The van der Waals surface area contributed by atoms with Gasteiger partial charge in [0.15, 0.2) is 0 Å². The lowest BCUT2D eigenvalue weighted by Gasteiger charge is -2.37. The van der Waals surface area contributed by atoms with Crippen LogP contribution in [-0.4, -0.2) is 70.4 Å². The van der Waals surface area contributed by atoms with Crippen molar-refractivity contribution < 1.29 is 24.2 Å². The maximum absolute atomic E-state index is 13.0. The van der Waals surface area contributed by atoms with E-state index in [0.29, 0.717) is 49.9 Å². The smallest absolute Gasteiger partial charge is 0.306 e. The van der Waals surface area contributed by atoms with Crippen molar-refractivity contribution in [2.75, 3.05) is 32.9 Å². The highest BCUT2D eigenvalue weighted by Crippen LogP contribution is 2.25. The van der Waals surface area contributed by atoms with Crippen LogP contribution >= 0.6 is 0 Å². The second-order valence-corrected chi connectivity index (χ2v) is 19.9. The van der Waals surface area contributed by atoms with Gasteiger partial charge in [-0.3, -0.25) is 14.5 Å². The molecule has 0 aromatic carbocycles. The van der Waals surface area contributed by atoms with Gasteiger partial charge in [0.1, 0.15) is 0 Å². The summed E-state index contributed by atoms with van der Waals surface area (Å²) >= 11 is 0. The minimum Gasteiger partial charge on any atom is -0.466 e. The number of ether oxygens (including phenoxy) is 2. The van der Waals surface area contributed by atoms with Gasteiger partial charge in [0.2, 0.25) is 0 Å². The van der Waals surface area contributed by atoms with Gasteiger partial charge in [-0.15, -0.1) is 0 Å². The molecule has 1 heterocycles. The molecule has 1 N–H and O–H groups in total. The minimum absolute atomic E-state index is 0.000687. The van der Waals surface area contributed by atoms with E-state index in [1.807, 2.05) is 18.7 Å². The van der Waals surface area contributed by atoms with Crippen molar-refractivity contribution >= 4 is 11.9 Å². The fourth-order valence-electron chi connectivity index (χ4n) is 9.43. The maximum atomic E-state index is 13.0. The first-order valence-corrected chi connectivity index (χ1v) is 27.4. The molecular weight excluding hydrogens is 783 g/mol. The van der Waals surface area contributed by atoms with E-state index in [0.717, 1.165) is 90.3 Å². The van der Waals surface area contributed by atoms with E-state index in [9.17, 15) is 14.7 Å². The predicted octanol–water partition coefficient (Wildman–Crippen LogP) is 15.1. The first kappa shape index (κ1) is 59.1. The molecule has 0 fully saturated rings. The van der Waals surface area contributed by atoms with Crippen LogP contribution in [0.2, 0.25) is 0 Å². The molecule has 0 saturated heterocycles. The van der Waals surface area contributed by atoms with E-state index in [2.05, 4.69) is 56.0 Å². The van der Waals surface area contributed by atoms with Crippen LogP contribution in [0.3, 0.4) is 0 Å². The molecule has 0 saturated carbocycles. The Kier molecular flexibility index (Phi) is 40.0. The Morgan fingerprint density at radius 2 is 0.952 bits per heavy atom. The highest BCUT2D eigenvalue weighted by atomic mass is 16.5. The number of carbonyl (C=O) groups excluding carboxylic acids is 2. The molecule has 4 atom stereocenters. The van der Waals surface area contributed by atoms with Crippen molar-refractivity contribution in [3.8, 4) is 0 Å². The lowest BCUT2D eigenvalue weighted by atomic mass is 9.91. The summed E-state index contributed by atoms with van der Waals surface area (Å²) < 4.78 is 13.8. The Bertz CT molecular complexity index is 1130. The van der Waals surface area contributed by atoms with Gasteiger partial charge in [0.25, 0.3) is 0 Å². The topological polar surface area (TPSA) is 93.9 Å². The molecule has 0 radical (unpaired) electrons. The zero-order chi connectivity index (χ0) is 46.0. The highest BCUT2D eigenvalue weighted by molar-refractivity contribution is 5.70. The quantitative estimate of drug-likeness (QED) is 0.0514. The van der Waals surface area contributed by atoms with Gasteiger partial charge in [0.05, 0.1) is 19.5 Å². The van der Waals surface area contributed by atoms with Crippen LogP contribution in [0.5, 0.6) is 0 Å². The second kappa shape index (κ2) is 42.7. The first-order valence-electron chi connectivity index (χ1n) is 27.4. The van der Waals surface area contributed by atoms with Gasteiger partial charge in [-0.05, 0) is 88.0 Å². The summed E-state index contributed by atoms with van der Waals surface area (Å²) in [4.78, 5) is 32.8. The molecule has 8 nitrogen and oxygen atoms in total. The number of aliphatic hydroxyl groups is 1. The van der Waals surface area contributed by atoms with Gasteiger partial charge in [-0.25, -0.2) is 4.98 Å². The number of imidazole rings is 1. The van der Waals surface area contributed by atoms with Crippen molar-refractivity contribution in [1.29, 1.82) is 0 Å². The summed E-state index contributed by atoms with van der Waals surface area (Å²) in [5, 5.41) is 10.6. The van der Waals surface area contributed by atoms with Gasteiger partial charge < -0.3 is 19.1 Å². The van der Waals surface area contributed by atoms with Crippen molar-refractivity contribution in [1.82, 2.24) is 14.5 Å². The van der Waals surface area contributed by atoms with E-state index < -0.39 is 0 Å². The molecule has 63 heavy (non-hydrogen) atoms. The second-order valence-electron chi connectivity index (χ2n) is 19.9. The lowest BCUT2D eigenvalue weighted by molar-refractivity contribution is -0.146. The number of nitrogens with zero attached hydrogens (tertiary/aromatic N) is 3. The normalized spacial score (nSPS) is 13.7. The van der Waals surface area contributed by atoms with Gasteiger partial charge in [-0.2, -0.15) is 0 Å². The van der Waals surface area contributed by atoms with E-state index >= 15 is 0 Å². The molecular formula is C55H105N3O5. The Balaban J connectivity index is 2.60. The van der Waals surface area contributed by atoms with Crippen LogP contribution in [0.15, 0.2) is 18.7 Å². The van der Waals surface area contributed by atoms with Crippen molar-refractivity contribution in [3.05, 3.63) is 18.7 Å². The maximum Gasteiger partial charge on any atom is 0.306 e. The third-order valence-electron chi connectivity index (χ3n) is 13.6. The zero-order valence-electron chi connectivity index (χ0n) is 42.6. The SMILES string of the molecule is CCCCCCCCC(CCCCCC)CC(=O)OCCCCCCN(CC(CO)CCCCOC(=O)CC(CCCCCC)CCCCCCCC)C(Cn1ccnc1)C(C)C. The fraction of sp³-hybridized carbons (Fsp3) is 0.909. The summed E-state index contributed by atoms with van der Waals surface area (Å²) in [7, 11) is 0. The van der Waals surface area contributed by atoms with Crippen molar-refractivity contribution in [2.24, 2.45) is 23.7 Å². The van der Waals surface area contributed by atoms with E-state index in [4.69, 9.17) is 9.47 Å². The van der Waals surface area contributed by atoms with E-state index in [-0.39, 0.29) is 24.5 Å². The van der Waals surface area contributed by atoms with Crippen molar-refractivity contribution in [2.45, 2.75) is 266 Å². The monoisotopic (exact) mass is 888 g/mol. The number of esters is 2. The zero-order valence-corrected chi connectivity index (χ0v) is 42.6. The van der Waals surface area contributed by atoms with Gasteiger partial charge in [-0.1, -0.05) is 183 Å². The van der Waals surface area contributed by atoms with E-state index in [1.165, 1.54) is 128 Å². The molecule has 1 aromatic heterocycles. The molecule has 0 aliphatic carbocycles. The third-order valence-corrected chi connectivity index (χ3v) is 13.6. The molecule has 0 amide bonds. The number of rotatable bonds is 47. The molecule has 0 spiro atoms. The predicted molar refractivity (Wildman–Crippen MR) is 267 cm³/mol. The Labute approximate surface area is 390 Å². The third kappa shape index (κ3) is 34.1. The number of unbranched alkanes of at least 4 members (excludes halogenated alkanes) is 20. The molecule has 0 aliphatic heterocycles. The molecule has 8 heteroatoms. The van der Waals surface area contributed by atoms with Crippen LogP contribution in [0, 0.1) is 23.7 Å². The number of hydrogen-bond acceptors (Lipinski definition) is 7. The molecule has 1 aromatic rings. The molecule has 0 bridgehead atoms. The van der Waals surface area contributed by atoms with E-state index in [1.54, 1.807) is 0 Å². The number of carbonyl (C=O) groups is 2. The summed E-state index contributed by atoms with van der Waals surface area (Å²) in [5.74, 6) is 1.51. The van der Waals surface area contributed by atoms with Crippen LogP contribution in [0.4, 0.5) is 0 Å². The highest BCUT2D eigenvalue weighted by Gasteiger charge is 2.25. The van der Waals surface area contributed by atoms with Crippen LogP contribution in [-0.2, 0) is 25.6 Å². The molecule has 4 unspecified atom stereocenters. The Morgan fingerprint density at radius 3 is 1.40 bits per heavy atom. The Morgan fingerprint density at radius 1 is 0.556 bits per heavy atom. The molecule has 0 aliphatic rings. The van der Waals surface area contributed by atoms with Crippen molar-refractivity contribution in [3.63, 3.8) is 0 Å². The summed E-state index contributed by atoms with van der Waals surface area (Å²) in [6, 6.07) is 0.327. The average Bonchev–Trinajstić information content (AvgIpc) is 3.80. The molecule has 1 rings (SSSR count). The lowest BCUT2D eigenvalue weighted by Crippen LogP contribution is -2.45. The Hall–Kier alpha value is -1.93. The number of aromatic nitrogens is 2. The standard InChI is InChI=1S/C55H105N3O5/c1-7-11-15-19-21-27-35-50(33-25-17-13-9-3)43-54(60)62-41-31-24-23-30-39-58(53(49(5)6)46-57-40-38-56-48-57)45-52(47-59)37-29-32-42-63-55(61)44-51(34-26-18-14-10-4)36-28-22-20-16-12-8-2/h38,40,48-53,59H,7-37,39,41-47H2,1-6H3. The van der Waals surface area contributed by atoms with Gasteiger partial charge in [0, 0.05) is 51.0 Å².